The first kappa shape index (κ1) is 18.4. The summed E-state index contributed by atoms with van der Waals surface area (Å²) in [5.74, 6) is 1.55. The molecule has 9 heteroatoms. The smallest absolute Gasteiger partial charge is 0.228 e. The van der Waals surface area contributed by atoms with E-state index < -0.39 is 0 Å². The molecule has 2 aromatic heterocycles. The molecule has 2 heterocycles. The van der Waals surface area contributed by atoms with Crippen LogP contribution in [0.4, 0.5) is 5.95 Å². The van der Waals surface area contributed by atoms with Gasteiger partial charge in [0.25, 0.3) is 0 Å². The Kier molecular flexibility index (Phi) is 5.29. The monoisotopic (exact) mass is 393 g/mol. The molecule has 3 aromatic rings. The van der Waals surface area contributed by atoms with Crippen molar-refractivity contribution in [1.29, 1.82) is 0 Å². The molecule has 7 nitrogen and oxygen atoms in total. The molecule has 0 aliphatic heterocycles. The molecule has 0 aliphatic rings. The lowest BCUT2D eigenvalue weighted by Gasteiger charge is -2.11. The molecule has 26 heavy (non-hydrogen) atoms. The molecule has 0 amide bonds. The molecule has 0 saturated heterocycles. The van der Waals surface area contributed by atoms with Gasteiger partial charge in [-0.15, -0.1) is 0 Å². The molecule has 0 atom stereocenters. The van der Waals surface area contributed by atoms with Crippen LogP contribution in [0.5, 0.6) is 5.75 Å². The SMILES string of the molecule is CCOc1cc(Cl)c(-c2c(C)nn3c(NCC=O)nc(C)nc23)c(Cl)c1. The first-order valence-corrected chi connectivity index (χ1v) is 8.75. The summed E-state index contributed by atoms with van der Waals surface area (Å²) in [5.41, 5.74) is 2.58. The number of aromatic nitrogens is 4. The maximum Gasteiger partial charge on any atom is 0.228 e. The highest BCUT2D eigenvalue weighted by molar-refractivity contribution is 6.39. The number of benzene rings is 1. The van der Waals surface area contributed by atoms with E-state index in [1.165, 1.54) is 0 Å². The standard InChI is InChI=1S/C17H17Cl2N5O2/c1-4-26-11-7-12(18)15(13(19)8-11)14-9(2)23-24-16(14)21-10(3)22-17(24)20-5-6-25/h6-8H,4-5H2,1-3H3,(H,20,21,22). The summed E-state index contributed by atoms with van der Waals surface area (Å²) in [5, 5.41) is 8.29. The van der Waals surface area contributed by atoms with E-state index in [4.69, 9.17) is 27.9 Å². The highest BCUT2D eigenvalue weighted by Crippen LogP contribution is 2.41. The minimum atomic E-state index is 0.115. The number of carbonyl (C=O) groups is 1. The molecule has 0 aliphatic carbocycles. The Balaban J connectivity index is 2.25. The van der Waals surface area contributed by atoms with Crippen molar-refractivity contribution in [2.45, 2.75) is 20.8 Å². The average Bonchev–Trinajstić information content (AvgIpc) is 2.89. The van der Waals surface area contributed by atoms with Crippen molar-refractivity contribution in [2.75, 3.05) is 18.5 Å². The van der Waals surface area contributed by atoms with Gasteiger partial charge in [0.15, 0.2) is 5.65 Å². The van der Waals surface area contributed by atoms with E-state index in [9.17, 15) is 4.79 Å². The Morgan fingerprint density at radius 3 is 2.50 bits per heavy atom. The predicted molar refractivity (Wildman–Crippen MR) is 101 cm³/mol. The van der Waals surface area contributed by atoms with Crippen molar-refractivity contribution < 1.29 is 9.53 Å². The third-order valence-corrected chi connectivity index (χ3v) is 4.29. The van der Waals surface area contributed by atoms with Gasteiger partial charge in [0.1, 0.15) is 17.9 Å². The predicted octanol–water partition coefficient (Wildman–Crippen LogP) is 3.72. The minimum Gasteiger partial charge on any atom is -0.494 e. The van der Waals surface area contributed by atoms with Crippen LogP contribution >= 0.6 is 23.2 Å². The lowest BCUT2D eigenvalue weighted by atomic mass is 10.1. The first-order chi connectivity index (χ1) is 12.5. The molecule has 0 bridgehead atoms. The fourth-order valence-electron chi connectivity index (χ4n) is 2.72. The number of fused-ring (bicyclic) bond motifs is 1. The Labute approximate surface area is 160 Å². The molecule has 0 fully saturated rings. The molecular formula is C17H17Cl2N5O2. The normalized spacial score (nSPS) is 11.0. The van der Waals surface area contributed by atoms with Gasteiger partial charge in [0.05, 0.1) is 34.5 Å². The summed E-state index contributed by atoms with van der Waals surface area (Å²) in [6.07, 6.45) is 0.751. The summed E-state index contributed by atoms with van der Waals surface area (Å²) >= 11 is 13.0. The Bertz CT molecular complexity index is 964. The van der Waals surface area contributed by atoms with Gasteiger partial charge in [0.2, 0.25) is 5.95 Å². The van der Waals surface area contributed by atoms with Crippen molar-refractivity contribution >= 4 is 41.1 Å². The zero-order chi connectivity index (χ0) is 18.8. The van der Waals surface area contributed by atoms with Crippen molar-refractivity contribution in [3.63, 3.8) is 0 Å². The maximum absolute atomic E-state index is 10.7. The van der Waals surface area contributed by atoms with E-state index in [0.29, 0.717) is 56.6 Å². The van der Waals surface area contributed by atoms with Crippen LogP contribution in [0.2, 0.25) is 10.0 Å². The number of nitrogens with zero attached hydrogens (tertiary/aromatic N) is 4. The lowest BCUT2D eigenvalue weighted by Crippen LogP contribution is -2.11. The summed E-state index contributed by atoms with van der Waals surface area (Å²) in [4.78, 5) is 19.5. The van der Waals surface area contributed by atoms with Gasteiger partial charge in [-0.3, -0.25) is 0 Å². The van der Waals surface area contributed by atoms with Crippen molar-refractivity contribution in [3.8, 4) is 16.9 Å². The fraction of sp³-hybridized carbons (Fsp3) is 0.294. The Hall–Kier alpha value is -2.38. The van der Waals surface area contributed by atoms with Crippen LogP contribution in [-0.4, -0.2) is 39.0 Å². The van der Waals surface area contributed by atoms with Gasteiger partial charge < -0.3 is 14.8 Å². The molecule has 136 valence electrons. The minimum absolute atomic E-state index is 0.115. The highest BCUT2D eigenvalue weighted by Gasteiger charge is 2.22. The summed E-state index contributed by atoms with van der Waals surface area (Å²) in [6, 6.07) is 3.43. The Morgan fingerprint density at radius 1 is 1.19 bits per heavy atom. The van der Waals surface area contributed by atoms with Gasteiger partial charge in [-0.25, -0.2) is 4.98 Å². The van der Waals surface area contributed by atoms with E-state index in [-0.39, 0.29) is 6.54 Å². The van der Waals surface area contributed by atoms with Crippen molar-refractivity contribution in [1.82, 2.24) is 19.6 Å². The summed E-state index contributed by atoms with van der Waals surface area (Å²) in [7, 11) is 0. The zero-order valence-electron chi connectivity index (χ0n) is 14.5. The van der Waals surface area contributed by atoms with E-state index in [0.717, 1.165) is 6.29 Å². The van der Waals surface area contributed by atoms with Crippen LogP contribution in [0.25, 0.3) is 16.8 Å². The van der Waals surface area contributed by atoms with Gasteiger partial charge >= 0.3 is 0 Å². The number of aldehydes is 1. The number of ether oxygens (including phenoxy) is 1. The number of nitrogens with one attached hydrogen (secondary N) is 1. The molecule has 3 rings (SSSR count). The molecule has 1 N–H and O–H groups in total. The molecule has 0 unspecified atom stereocenters. The van der Waals surface area contributed by atoms with E-state index in [2.05, 4.69) is 20.4 Å². The molecular weight excluding hydrogens is 377 g/mol. The van der Waals surface area contributed by atoms with Crippen LogP contribution in [0, 0.1) is 13.8 Å². The van der Waals surface area contributed by atoms with Crippen LogP contribution < -0.4 is 10.1 Å². The molecule has 0 radical (unpaired) electrons. The highest BCUT2D eigenvalue weighted by atomic mass is 35.5. The van der Waals surface area contributed by atoms with Crippen LogP contribution in [0.1, 0.15) is 18.4 Å². The van der Waals surface area contributed by atoms with Gasteiger partial charge in [-0.1, -0.05) is 23.2 Å². The number of hydrogen-bond acceptors (Lipinski definition) is 6. The second kappa shape index (κ2) is 7.47. The molecule has 0 spiro atoms. The number of halogens is 2. The van der Waals surface area contributed by atoms with Crippen LogP contribution in [-0.2, 0) is 4.79 Å². The number of carbonyl (C=O) groups excluding carboxylic acids is 1. The third-order valence-electron chi connectivity index (χ3n) is 3.69. The van der Waals surface area contributed by atoms with E-state index >= 15 is 0 Å². The van der Waals surface area contributed by atoms with Crippen LogP contribution in [0.15, 0.2) is 12.1 Å². The largest absolute Gasteiger partial charge is 0.494 e. The summed E-state index contributed by atoms with van der Waals surface area (Å²) < 4.78 is 7.03. The third kappa shape index (κ3) is 3.32. The van der Waals surface area contributed by atoms with Crippen LogP contribution in [0.3, 0.4) is 0 Å². The Morgan fingerprint density at radius 2 is 1.88 bits per heavy atom. The second-order valence-electron chi connectivity index (χ2n) is 5.53. The number of rotatable bonds is 6. The summed E-state index contributed by atoms with van der Waals surface area (Å²) in [6.45, 7) is 6.12. The van der Waals surface area contributed by atoms with Crippen molar-refractivity contribution in [3.05, 3.63) is 33.7 Å². The quantitative estimate of drug-likeness (QED) is 0.642. The van der Waals surface area contributed by atoms with E-state index in [1.54, 1.807) is 23.6 Å². The van der Waals surface area contributed by atoms with Gasteiger partial charge in [0, 0.05) is 5.56 Å². The lowest BCUT2D eigenvalue weighted by molar-refractivity contribution is -0.106. The molecule has 0 saturated carbocycles. The average molecular weight is 394 g/mol. The van der Waals surface area contributed by atoms with Crippen molar-refractivity contribution in [2.24, 2.45) is 0 Å². The zero-order valence-corrected chi connectivity index (χ0v) is 16.0. The first-order valence-electron chi connectivity index (χ1n) is 8.00. The van der Waals surface area contributed by atoms with Gasteiger partial charge in [-0.05, 0) is 32.9 Å². The number of aryl methyl sites for hydroxylation is 2. The number of hydrogen-bond donors (Lipinski definition) is 1. The maximum atomic E-state index is 10.7. The molecule has 1 aromatic carbocycles. The van der Waals surface area contributed by atoms with Gasteiger partial charge in [-0.2, -0.15) is 14.6 Å². The topological polar surface area (TPSA) is 81.4 Å². The fourth-order valence-corrected chi connectivity index (χ4v) is 3.38. The number of anilines is 1. The second-order valence-corrected chi connectivity index (χ2v) is 6.35. The van der Waals surface area contributed by atoms with E-state index in [1.807, 2.05) is 13.8 Å².